The van der Waals surface area contributed by atoms with Crippen LogP contribution in [-0.2, 0) is 9.59 Å². The van der Waals surface area contributed by atoms with Crippen LogP contribution >= 0.6 is 0 Å². The Balaban J connectivity index is 1.87. The Morgan fingerprint density at radius 1 is 1.19 bits per heavy atom. The second-order valence-electron chi connectivity index (χ2n) is 7.02. The normalized spacial score (nSPS) is 27.6. The summed E-state index contributed by atoms with van der Waals surface area (Å²) in [5.74, 6) is 0.516. The molecule has 2 rings (SSSR count). The largest absolute Gasteiger partial charge is 0.355 e. The Morgan fingerprint density at radius 3 is 2.38 bits per heavy atom. The highest BCUT2D eigenvalue weighted by Gasteiger charge is 2.42. The molecule has 0 spiro atoms. The van der Waals surface area contributed by atoms with Crippen LogP contribution in [0.2, 0.25) is 0 Å². The fourth-order valence-electron chi connectivity index (χ4n) is 3.89. The zero-order valence-electron chi connectivity index (χ0n) is 13.4. The quantitative estimate of drug-likeness (QED) is 0.802. The maximum atomic E-state index is 12.4. The number of hydrogen-bond donors (Lipinski definition) is 2. The van der Waals surface area contributed by atoms with E-state index in [1.807, 2.05) is 0 Å². The molecular formula is C16H29N3O2. The molecule has 2 saturated carbocycles. The van der Waals surface area contributed by atoms with Gasteiger partial charge in [-0.3, -0.25) is 9.59 Å². The molecule has 120 valence electrons. The Hall–Kier alpha value is -1.10. The summed E-state index contributed by atoms with van der Waals surface area (Å²) in [6.07, 6.45) is 7.62. The summed E-state index contributed by atoms with van der Waals surface area (Å²) in [5.41, 5.74) is 5.64. The molecule has 2 fully saturated rings. The van der Waals surface area contributed by atoms with Crippen molar-refractivity contribution in [3.8, 4) is 0 Å². The van der Waals surface area contributed by atoms with Crippen LogP contribution in [0.4, 0.5) is 0 Å². The molecule has 0 unspecified atom stereocenters. The van der Waals surface area contributed by atoms with E-state index in [9.17, 15) is 9.59 Å². The van der Waals surface area contributed by atoms with Crippen molar-refractivity contribution in [2.24, 2.45) is 17.1 Å². The summed E-state index contributed by atoms with van der Waals surface area (Å²) in [6, 6.07) is 0.166. The lowest BCUT2D eigenvalue weighted by Gasteiger charge is -2.31. The van der Waals surface area contributed by atoms with E-state index in [4.69, 9.17) is 5.73 Å². The standard InChI is InChI=1S/C16H29N3O2/c1-19(2)15(21)16(8-3-4-9-16)11-18-14(20)10-12-6-5-7-13(12)17/h12-13H,3-11,17H2,1-2H3,(H,18,20)/t12-,13+/m0/s1. The first-order chi connectivity index (χ1) is 9.94. The van der Waals surface area contributed by atoms with Gasteiger partial charge in [0.2, 0.25) is 11.8 Å². The minimum atomic E-state index is -0.378. The van der Waals surface area contributed by atoms with Gasteiger partial charge in [0.05, 0.1) is 5.41 Å². The smallest absolute Gasteiger partial charge is 0.230 e. The first kappa shape index (κ1) is 16.3. The van der Waals surface area contributed by atoms with Crippen molar-refractivity contribution in [1.82, 2.24) is 10.2 Å². The van der Waals surface area contributed by atoms with Crippen LogP contribution in [0, 0.1) is 11.3 Å². The highest BCUT2D eigenvalue weighted by atomic mass is 16.2. The van der Waals surface area contributed by atoms with E-state index in [1.54, 1.807) is 19.0 Å². The van der Waals surface area contributed by atoms with Gasteiger partial charge in [0.1, 0.15) is 0 Å². The van der Waals surface area contributed by atoms with Gasteiger partial charge in [-0.25, -0.2) is 0 Å². The molecular weight excluding hydrogens is 266 g/mol. The molecule has 5 heteroatoms. The third-order valence-corrected chi connectivity index (χ3v) is 5.21. The van der Waals surface area contributed by atoms with E-state index in [2.05, 4.69) is 5.32 Å². The summed E-state index contributed by atoms with van der Waals surface area (Å²) in [7, 11) is 3.59. The van der Waals surface area contributed by atoms with Gasteiger partial charge in [-0.15, -0.1) is 0 Å². The van der Waals surface area contributed by atoms with E-state index in [0.717, 1.165) is 44.9 Å². The predicted octanol–water partition coefficient (Wildman–Crippen LogP) is 1.27. The lowest BCUT2D eigenvalue weighted by atomic mass is 9.84. The van der Waals surface area contributed by atoms with Gasteiger partial charge in [-0.2, -0.15) is 0 Å². The van der Waals surface area contributed by atoms with Crippen molar-refractivity contribution in [3.63, 3.8) is 0 Å². The number of nitrogens with one attached hydrogen (secondary N) is 1. The second kappa shape index (κ2) is 6.77. The predicted molar refractivity (Wildman–Crippen MR) is 82.5 cm³/mol. The van der Waals surface area contributed by atoms with Gasteiger partial charge < -0.3 is 16.0 Å². The van der Waals surface area contributed by atoms with Crippen LogP contribution in [0.25, 0.3) is 0 Å². The number of carbonyl (C=O) groups is 2. The molecule has 0 bridgehead atoms. The molecule has 0 saturated heterocycles. The fraction of sp³-hybridized carbons (Fsp3) is 0.875. The van der Waals surface area contributed by atoms with Gasteiger partial charge in [0, 0.05) is 33.1 Å². The van der Waals surface area contributed by atoms with Crippen LogP contribution in [0.5, 0.6) is 0 Å². The van der Waals surface area contributed by atoms with Crippen molar-refractivity contribution in [2.75, 3.05) is 20.6 Å². The Kier molecular flexibility index (Phi) is 5.25. The van der Waals surface area contributed by atoms with Gasteiger partial charge >= 0.3 is 0 Å². The molecule has 2 amide bonds. The Bertz CT molecular complexity index is 389. The molecule has 21 heavy (non-hydrogen) atoms. The number of amides is 2. The average Bonchev–Trinajstić information content (AvgIpc) is 3.06. The third-order valence-electron chi connectivity index (χ3n) is 5.21. The molecule has 0 aromatic heterocycles. The monoisotopic (exact) mass is 295 g/mol. The fourth-order valence-corrected chi connectivity index (χ4v) is 3.89. The average molecular weight is 295 g/mol. The van der Waals surface area contributed by atoms with E-state index >= 15 is 0 Å². The summed E-state index contributed by atoms with van der Waals surface area (Å²) in [6.45, 7) is 0.477. The van der Waals surface area contributed by atoms with E-state index < -0.39 is 0 Å². The van der Waals surface area contributed by atoms with Gasteiger partial charge in [-0.1, -0.05) is 19.3 Å². The molecule has 0 heterocycles. The highest BCUT2D eigenvalue weighted by Crippen LogP contribution is 2.39. The lowest BCUT2D eigenvalue weighted by Crippen LogP contribution is -2.47. The minimum absolute atomic E-state index is 0.0511. The molecule has 0 aliphatic heterocycles. The summed E-state index contributed by atoms with van der Waals surface area (Å²) >= 11 is 0. The maximum Gasteiger partial charge on any atom is 0.230 e. The first-order valence-corrected chi connectivity index (χ1v) is 8.19. The van der Waals surface area contributed by atoms with Crippen LogP contribution in [0.15, 0.2) is 0 Å². The molecule has 3 N–H and O–H groups in total. The lowest BCUT2D eigenvalue weighted by molar-refractivity contribution is -0.139. The molecule has 0 aromatic rings. The first-order valence-electron chi connectivity index (χ1n) is 8.19. The zero-order valence-corrected chi connectivity index (χ0v) is 13.4. The number of hydrogen-bond acceptors (Lipinski definition) is 3. The van der Waals surface area contributed by atoms with Crippen molar-refractivity contribution >= 4 is 11.8 Å². The topological polar surface area (TPSA) is 75.4 Å². The molecule has 2 aliphatic rings. The van der Waals surface area contributed by atoms with Crippen LogP contribution in [-0.4, -0.2) is 43.4 Å². The second-order valence-corrected chi connectivity index (χ2v) is 7.02. The summed E-state index contributed by atoms with van der Waals surface area (Å²) in [4.78, 5) is 26.2. The van der Waals surface area contributed by atoms with Crippen molar-refractivity contribution in [2.45, 2.75) is 57.4 Å². The highest BCUT2D eigenvalue weighted by molar-refractivity contribution is 5.84. The van der Waals surface area contributed by atoms with Gasteiger partial charge in [0.15, 0.2) is 0 Å². The number of rotatable bonds is 5. The molecule has 0 aromatic carbocycles. The Morgan fingerprint density at radius 2 is 1.86 bits per heavy atom. The minimum Gasteiger partial charge on any atom is -0.355 e. The van der Waals surface area contributed by atoms with E-state index in [-0.39, 0.29) is 23.3 Å². The molecule has 0 radical (unpaired) electrons. The maximum absolute atomic E-state index is 12.4. The van der Waals surface area contributed by atoms with Crippen molar-refractivity contribution < 1.29 is 9.59 Å². The number of nitrogens with zero attached hydrogens (tertiary/aromatic N) is 1. The number of carbonyl (C=O) groups excluding carboxylic acids is 2. The van der Waals surface area contributed by atoms with Crippen LogP contribution < -0.4 is 11.1 Å². The van der Waals surface area contributed by atoms with Gasteiger partial charge in [0.25, 0.3) is 0 Å². The van der Waals surface area contributed by atoms with Crippen molar-refractivity contribution in [1.29, 1.82) is 0 Å². The van der Waals surface area contributed by atoms with Crippen LogP contribution in [0.1, 0.15) is 51.4 Å². The zero-order chi connectivity index (χ0) is 15.5. The Labute approximate surface area is 127 Å². The van der Waals surface area contributed by atoms with E-state index in [0.29, 0.717) is 18.9 Å². The van der Waals surface area contributed by atoms with Gasteiger partial charge in [-0.05, 0) is 31.6 Å². The number of nitrogens with two attached hydrogens (primary N) is 1. The van der Waals surface area contributed by atoms with Crippen molar-refractivity contribution in [3.05, 3.63) is 0 Å². The third kappa shape index (κ3) is 3.76. The molecule has 2 atom stereocenters. The summed E-state index contributed by atoms with van der Waals surface area (Å²) in [5, 5.41) is 3.01. The van der Waals surface area contributed by atoms with Crippen LogP contribution in [0.3, 0.4) is 0 Å². The molecule has 2 aliphatic carbocycles. The summed E-state index contributed by atoms with van der Waals surface area (Å²) < 4.78 is 0. The SMILES string of the molecule is CN(C)C(=O)C1(CNC(=O)C[C@@H]2CCC[C@H]2N)CCCC1. The molecule has 5 nitrogen and oxygen atoms in total. The van der Waals surface area contributed by atoms with E-state index in [1.165, 1.54) is 0 Å².